The minimum Gasteiger partial charge on any atom is -0.308 e. The molecule has 2 nitrogen and oxygen atoms in total. The van der Waals surface area contributed by atoms with Crippen molar-refractivity contribution in [3.63, 3.8) is 0 Å². The van der Waals surface area contributed by atoms with Crippen molar-refractivity contribution in [2.45, 2.75) is 52.1 Å². The minimum absolute atomic E-state index is 0.629. The van der Waals surface area contributed by atoms with Crippen molar-refractivity contribution >= 4 is 0 Å². The van der Waals surface area contributed by atoms with E-state index in [1.807, 2.05) is 13.0 Å². The second-order valence-corrected chi connectivity index (χ2v) is 4.98. The van der Waals surface area contributed by atoms with E-state index in [2.05, 4.69) is 29.4 Å². The molecule has 0 saturated heterocycles. The predicted octanol–water partition coefficient (Wildman–Crippen LogP) is 3.06. The monoisotopic (exact) mass is 218 g/mol. The summed E-state index contributed by atoms with van der Waals surface area (Å²) in [6, 6.07) is 6.86. The first-order valence-electron chi connectivity index (χ1n) is 6.41. The second-order valence-electron chi connectivity index (χ2n) is 4.98. The summed E-state index contributed by atoms with van der Waals surface area (Å²) in [7, 11) is 0. The van der Waals surface area contributed by atoms with Gasteiger partial charge in [-0.2, -0.15) is 0 Å². The van der Waals surface area contributed by atoms with Gasteiger partial charge < -0.3 is 5.32 Å². The lowest BCUT2D eigenvalue weighted by molar-refractivity contribution is 0.379. The first-order valence-corrected chi connectivity index (χ1v) is 6.41. The van der Waals surface area contributed by atoms with Crippen LogP contribution in [0.4, 0.5) is 0 Å². The highest BCUT2D eigenvalue weighted by molar-refractivity contribution is 5.09. The average molecular weight is 218 g/mol. The smallest absolute Gasteiger partial charge is 0.0544 e. The molecule has 16 heavy (non-hydrogen) atoms. The average Bonchev–Trinajstić information content (AvgIpc) is 2.79. The summed E-state index contributed by atoms with van der Waals surface area (Å²) in [4.78, 5) is 4.51. The molecule has 2 heteroatoms. The molecule has 1 aromatic heterocycles. The van der Waals surface area contributed by atoms with Crippen LogP contribution in [0.15, 0.2) is 18.2 Å². The Kier molecular flexibility index (Phi) is 3.94. The summed E-state index contributed by atoms with van der Waals surface area (Å²) < 4.78 is 0. The number of hydrogen-bond acceptors (Lipinski definition) is 2. The molecule has 1 aromatic rings. The minimum atomic E-state index is 0.629. The summed E-state index contributed by atoms with van der Waals surface area (Å²) in [6.45, 7) is 5.26. The van der Waals surface area contributed by atoms with Crippen LogP contribution < -0.4 is 5.32 Å². The van der Waals surface area contributed by atoms with E-state index >= 15 is 0 Å². The van der Waals surface area contributed by atoms with Gasteiger partial charge in [0.05, 0.1) is 5.69 Å². The van der Waals surface area contributed by atoms with Gasteiger partial charge in [0.15, 0.2) is 0 Å². The molecule has 1 atom stereocenters. The van der Waals surface area contributed by atoms with Gasteiger partial charge in [-0.25, -0.2) is 0 Å². The van der Waals surface area contributed by atoms with Gasteiger partial charge in [-0.05, 0) is 44.7 Å². The van der Waals surface area contributed by atoms with Crippen LogP contribution in [0, 0.1) is 12.8 Å². The molecule has 1 aliphatic carbocycles. The Labute approximate surface area is 98.5 Å². The molecule has 0 spiro atoms. The zero-order valence-electron chi connectivity index (χ0n) is 10.4. The molecule has 0 unspecified atom stereocenters. The molecule has 0 aromatic carbocycles. The Bertz CT molecular complexity index is 329. The van der Waals surface area contributed by atoms with E-state index < -0.39 is 0 Å². The molecule has 88 valence electrons. The van der Waals surface area contributed by atoms with Crippen LogP contribution in [0.1, 0.15) is 44.0 Å². The van der Waals surface area contributed by atoms with E-state index in [1.165, 1.54) is 25.7 Å². The largest absolute Gasteiger partial charge is 0.308 e. The number of nitrogens with one attached hydrogen (secondary N) is 1. The fourth-order valence-corrected chi connectivity index (χ4v) is 2.59. The van der Waals surface area contributed by atoms with E-state index in [-0.39, 0.29) is 0 Å². The van der Waals surface area contributed by atoms with Crippen LogP contribution in [0.25, 0.3) is 0 Å². The zero-order valence-corrected chi connectivity index (χ0v) is 10.4. The van der Waals surface area contributed by atoms with Crippen molar-refractivity contribution in [1.82, 2.24) is 10.3 Å². The van der Waals surface area contributed by atoms with Crippen molar-refractivity contribution in [2.24, 2.45) is 5.92 Å². The SMILES string of the molecule is Cc1cccc(CN[C@H](C)C2CCCC2)n1. The molecule has 1 fully saturated rings. The molecule has 1 N–H and O–H groups in total. The molecule has 1 aliphatic rings. The number of aromatic nitrogens is 1. The van der Waals surface area contributed by atoms with Gasteiger partial charge in [0.2, 0.25) is 0 Å². The highest BCUT2D eigenvalue weighted by Gasteiger charge is 2.20. The lowest BCUT2D eigenvalue weighted by atomic mass is 10.00. The molecular weight excluding hydrogens is 196 g/mol. The molecular formula is C14H22N2. The van der Waals surface area contributed by atoms with E-state index in [0.717, 1.165) is 23.9 Å². The Balaban J connectivity index is 1.82. The zero-order chi connectivity index (χ0) is 11.4. The molecule has 1 heterocycles. The predicted molar refractivity (Wildman–Crippen MR) is 67.2 cm³/mol. The van der Waals surface area contributed by atoms with Crippen LogP contribution in [-0.2, 0) is 6.54 Å². The highest BCUT2D eigenvalue weighted by Crippen LogP contribution is 2.27. The maximum Gasteiger partial charge on any atom is 0.0544 e. The normalized spacial score (nSPS) is 18.9. The number of nitrogens with zero attached hydrogens (tertiary/aromatic N) is 1. The summed E-state index contributed by atoms with van der Waals surface area (Å²) in [5, 5.41) is 3.61. The van der Waals surface area contributed by atoms with Gasteiger partial charge in [-0.1, -0.05) is 18.9 Å². The number of hydrogen-bond donors (Lipinski definition) is 1. The van der Waals surface area contributed by atoms with E-state index in [1.54, 1.807) is 0 Å². The quantitative estimate of drug-likeness (QED) is 0.840. The Morgan fingerprint density at radius 1 is 1.38 bits per heavy atom. The van der Waals surface area contributed by atoms with Gasteiger partial charge in [-0.15, -0.1) is 0 Å². The maximum absolute atomic E-state index is 4.51. The second kappa shape index (κ2) is 5.44. The van der Waals surface area contributed by atoms with Gasteiger partial charge >= 0.3 is 0 Å². The Morgan fingerprint density at radius 2 is 2.12 bits per heavy atom. The maximum atomic E-state index is 4.51. The Morgan fingerprint density at radius 3 is 2.81 bits per heavy atom. The Hall–Kier alpha value is -0.890. The van der Waals surface area contributed by atoms with E-state index in [9.17, 15) is 0 Å². The van der Waals surface area contributed by atoms with Gasteiger partial charge in [0, 0.05) is 18.3 Å². The van der Waals surface area contributed by atoms with Gasteiger partial charge in [0.25, 0.3) is 0 Å². The van der Waals surface area contributed by atoms with Crippen LogP contribution in [-0.4, -0.2) is 11.0 Å². The van der Waals surface area contributed by atoms with E-state index in [4.69, 9.17) is 0 Å². The fraction of sp³-hybridized carbons (Fsp3) is 0.643. The summed E-state index contributed by atoms with van der Waals surface area (Å²) in [5.41, 5.74) is 2.26. The first kappa shape index (κ1) is 11.6. The number of aryl methyl sites for hydroxylation is 1. The molecule has 0 aliphatic heterocycles. The van der Waals surface area contributed by atoms with Crippen molar-refractivity contribution in [2.75, 3.05) is 0 Å². The van der Waals surface area contributed by atoms with Crippen LogP contribution in [0.2, 0.25) is 0 Å². The molecule has 0 radical (unpaired) electrons. The first-order chi connectivity index (χ1) is 7.75. The molecule has 0 amide bonds. The molecule has 1 saturated carbocycles. The van der Waals surface area contributed by atoms with Crippen molar-refractivity contribution in [3.8, 4) is 0 Å². The van der Waals surface area contributed by atoms with E-state index in [0.29, 0.717) is 6.04 Å². The fourth-order valence-electron chi connectivity index (χ4n) is 2.59. The third-order valence-corrected chi connectivity index (χ3v) is 3.66. The summed E-state index contributed by atoms with van der Waals surface area (Å²) in [6.07, 6.45) is 5.63. The molecule has 2 rings (SSSR count). The topological polar surface area (TPSA) is 24.9 Å². The lowest BCUT2D eigenvalue weighted by Gasteiger charge is -2.20. The summed E-state index contributed by atoms with van der Waals surface area (Å²) >= 11 is 0. The number of rotatable bonds is 4. The number of pyridine rings is 1. The van der Waals surface area contributed by atoms with Crippen molar-refractivity contribution in [3.05, 3.63) is 29.6 Å². The van der Waals surface area contributed by atoms with Gasteiger partial charge in [0.1, 0.15) is 0 Å². The lowest BCUT2D eigenvalue weighted by Crippen LogP contribution is -2.32. The highest BCUT2D eigenvalue weighted by atomic mass is 14.9. The van der Waals surface area contributed by atoms with Gasteiger partial charge in [-0.3, -0.25) is 4.98 Å². The van der Waals surface area contributed by atoms with Crippen LogP contribution >= 0.6 is 0 Å². The molecule has 0 bridgehead atoms. The van der Waals surface area contributed by atoms with Crippen molar-refractivity contribution < 1.29 is 0 Å². The van der Waals surface area contributed by atoms with Crippen LogP contribution in [0.5, 0.6) is 0 Å². The van der Waals surface area contributed by atoms with Crippen molar-refractivity contribution in [1.29, 1.82) is 0 Å². The third-order valence-electron chi connectivity index (χ3n) is 3.66. The third kappa shape index (κ3) is 3.05. The summed E-state index contributed by atoms with van der Waals surface area (Å²) in [5.74, 6) is 0.879. The van der Waals surface area contributed by atoms with Crippen LogP contribution in [0.3, 0.4) is 0 Å². The standard InChI is InChI=1S/C14H22N2/c1-11-6-5-9-14(16-11)10-15-12(2)13-7-3-4-8-13/h5-6,9,12-13,15H,3-4,7-8,10H2,1-2H3/t12-/m1/s1.